The third-order valence-corrected chi connectivity index (χ3v) is 15.5. The van der Waals surface area contributed by atoms with Crippen LogP contribution in [0.25, 0.3) is 16.9 Å². The smallest absolute Gasteiger partial charge is 0.255 e. The Hall–Kier alpha value is -9.25. The number of hydrogen-bond donors (Lipinski definition) is 2. The van der Waals surface area contributed by atoms with Gasteiger partial charge in [-0.1, -0.05) is 93.1 Å². The number of aryl methyl sites for hydroxylation is 1. The van der Waals surface area contributed by atoms with Crippen LogP contribution in [0.2, 0.25) is 0 Å². The highest BCUT2D eigenvalue weighted by atomic mass is 19.1. The van der Waals surface area contributed by atoms with Gasteiger partial charge in [-0.05, 0) is 153 Å². The quantitative estimate of drug-likeness (QED) is 0.0736. The third kappa shape index (κ3) is 15.6. The zero-order valence-corrected chi connectivity index (χ0v) is 47.6. The minimum Gasteiger partial charge on any atom is -0.493 e. The molecule has 6 heterocycles. The van der Waals surface area contributed by atoms with Crippen LogP contribution in [-0.4, -0.2) is 69.4 Å². The predicted octanol–water partition coefficient (Wildman–Crippen LogP) is 12.8. The van der Waals surface area contributed by atoms with Gasteiger partial charge in [-0.3, -0.25) is 23.2 Å². The zero-order chi connectivity index (χ0) is 58.1. The number of ketones is 1. The van der Waals surface area contributed by atoms with E-state index < -0.39 is 5.54 Å². The number of halogens is 1. The molecule has 10 aromatic rings. The van der Waals surface area contributed by atoms with Crippen molar-refractivity contribution in [2.75, 3.05) is 13.2 Å². The average Bonchev–Trinajstić information content (AvgIpc) is 4.22. The van der Waals surface area contributed by atoms with Gasteiger partial charge in [0, 0.05) is 55.1 Å². The molecule has 2 aliphatic rings. The van der Waals surface area contributed by atoms with Crippen molar-refractivity contribution in [1.82, 2.24) is 49.2 Å². The number of nitrogens with zero attached hydrogens (tertiary/aromatic N) is 8. The molecule has 0 aliphatic heterocycles. The summed E-state index contributed by atoms with van der Waals surface area (Å²) in [6.07, 6.45) is 26.2. The topological polar surface area (TPSA) is 181 Å². The van der Waals surface area contributed by atoms with Crippen molar-refractivity contribution in [2.24, 2.45) is 11.8 Å². The molecule has 2 N–H and O–H groups in total. The Morgan fingerprint density at radius 3 is 1.86 bits per heavy atom. The predicted molar refractivity (Wildman–Crippen MR) is 320 cm³/mol. The van der Waals surface area contributed by atoms with E-state index in [0.29, 0.717) is 70.5 Å². The number of ether oxygens (including phenoxy) is 3. The second-order valence-corrected chi connectivity index (χ2v) is 22.1. The van der Waals surface area contributed by atoms with E-state index >= 15 is 0 Å². The molecule has 2 amide bonds. The number of carbonyl (C=O) groups excluding carboxylic acids is 3. The van der Waals surface area contributed by atoms with Crippen LogP contribution < -0.4 is 24.8 Å². The van der Waals surface area contributed by atoms with Crippen molar-refractivity contribution in [1.29, 1.82) is 0 Å². The van der Waals surface area contributed by atoms with Crippen molar-refractivity contribution in [3.63, 3.8) is 0 Å². The normalized spacial score (nSPS) is 13.8. The molecular weight excluding hydrogens is 1060 g/mol. The summed E-state index contributed by atoms with van der Waals surface area (Å²) in [5.41, 5.74) is 6.50. The summed E-state index contributed by atoms with van der Waals surface area (Å²) in [5.74, 6) is 3.16. The molecule has 4 aromatic carbocycles. The SMILES string of the molecule is CC(C)(NC(=O)c1cccn2cnnc12)c1cccc(OCC2CCCCC2)c1.O=C(CCc1cccc(OCc2ccccc2F)c1)c1ccn2ccnc2c1.O=C(NCc1cccc(OCC2CCCCC2)c1)c1cccn2cnnc12. The first-order valence-electron chi connectivity index (χ1n) is 29.0. The van der Waals surface area contributed by atoms with Gasteiger partial charge in [-0.25, -0.2) is 9.37 Å². The summed E-state index contributed by atoms with van der Waals surface area (Å²) in [4.78, 5) is 42.2. The second-order valence-electron chi connectivity index (χ2n) is 22.1. The Kier molecular flexibility index (Phi) is 19.4. The molecular formula is C67H71FN10O6. The summed E-state index contributed by atoms with van der Waals surface area (Å²) < 4.78 is 36.8. The number of imidazole rings is 1. The highest BCUT2D eigenvalue weighted by Gasteiger charge is 2.26. The van der Waals surface area contributed by atoms with Gasteiger partial charge >= 0.3 is 0 Å². The van der Waals surface area contributed by atoms with E-state index in [9.17, 15) is 18.8 Å². The monoisotopic (exact) mass is 1130 g/mol. The van der Waals surface area contributed by atoms with Crippen LogP contribution in [0.5, 0.6) is 17.2 Å². The van der Waals surface area contributed by atoms with Crippen LogP contribution in [0.1, 0.15) is 138 Å². The number of fused-ring (bicyclic) bond motifs is 3. The first kappa shape index (κ1) is 58.0. The minimum absolute atomic E-state index is 0.0724. The van der Waals surface area contributed by atoms with Gasteiger partial charge < -0.3 is 29.2 Å². The molecule has 6 aromatic heterocycles. The lowest BCUT2D eigenvalue weighted by molar-refractivity contribution is 0.0910. The maximum atomic E-state index is 13.7. The summed E-state index contributed by atoms with van der Waals surface area (Å²) >= 11 is 0. The van der Waals surface area contributed by atoms with Gasteiger partial charge in [0.2, 0.25) is 0 Å². The average molecular weight is 1130 g/mol. The fraction of sp³-hybridized carbons (Fsp3) is 0.313. The van der Waals surface area contributed by atoms with E-state index in [1.807, 2.05) is 134 Å². The Labute approximate surface area is 488 Å². The summed E-state index contributed by atoms with van der Waals surface area (Å²) in [7, 11) is 0. The number of benzene rings is 4. The van der Waals surface area contributed by atoms with Crippen LogP contribution in [0, 0.1) is 17.7 Å². The van der Waals surface area contributed by atoms with Crippen LogP contribution >= 0.6 is 0 Å². The standard InChI is InChI=1S/C23H19FN2O2.C23H28N4O2.C21H24N4O2/c24-21-7-2-1-5-19(21)16-28-20-6-3-4-17(14-20)8-9-22(27)18-10-12-26-13-11-25-23(26)15-18;1-23(2,25-22(28)20-12-7-13-27-16-24-26-21(20)27)18-10-6-11-19(14-18)29-15-17-8-4-3-5-9-17;26-21(19-10-5-11-25-15-23-24-20(19)25)22-13-17-8-4-9-18(12-17)27-14-16-6-2-1-3-7-16/h1-7,10-15H,8-9,16H2;6-7,10-14,16-17H,3-5,8-9,15H2,1-2H3,(H,25,28);4-5,8-12,15-16H,1-3,6-7,13-14H2,(H,22,26). The molecule has 0 unspecified atom stereocenters. The second kappa shape index (κ2) is 28.2. The molecule has 432 valence electrons. The lowest BCUT2D eigenvalue weighted by atomic mass is 9.90. The molecule has 0 radical (unpaired) electrons. The van der Waals surface area contributed by atoms with Gasteiger partial charge in [0.05, 0.1) is 29.9 Å². The molecule has 0 spiro atoms. The number of hydrogen-bond acceptors (Lipinski definition) is 11. The Bertz CT molecular complexity index is 3810. The summed E-state index contributed by atoms with van der Waals surface area (Å²) in [5, 5.41) is 21.9. The summed E-state index contributed by atoms with van der Waals surface area (Å²) in [6, 6.07) is 40.8. The first-order chi connectivity index (χ1) is 41.0. The van der Waals surface area contributed by atoms with Crippen molar-refractivity contribution < 1.29 is 33.0 Å². The Morgan fingerprint density at radius 1 is 0.595 bits per heavy atom. The van der Waals surface area contributed by atoms with Gasteiger partial charge in [0.1, 0.15) is 48.0 Å². The Balaban J connectivity index is 0.000000140. The van der Waals surface area contributed by atoms with Gasteiger partial charge in [0.25, 0.3) is 11.8 Å². The van der Waals surface area contributed by atoms with E-state index in [1.54, 1.807) is 64.1 Å². The van der Waals surface area contributed by atoms with Crippen molar-refractivity contribution >= 4 is 34.5 Å². The first-order valence-corrected chi connectivity index (χ1v) is 29.0. The van der Waals surface area contributed by atoms with Crippen LogP contribution in [0.3, 0.4) is 0 Å². The number of pyridine rings is 3. The molecule has 2 aliphatic carbocycles. The van der Waals surface area contributed by atoms with Crippen molar-refractivity contribution in [2.45, 2.75) is 110 Å². The van der Waals surface area contributed by atoms with Gasteiger partial charge in [0.15, 0.2) is 17.1 Å². The summed E-state index contributed by atoms with van der Waals surface area (Å²) in [6.45, 7) is 6.15. The third-order valence-electron chi connectivity index (χ3n) is 15.5. The highest BCUT2D eigenvalue weighted by Crippen LogP contribution is 2.29. The van der Waals surface area contributed by atoms with E-state index in [2.05, 4.69) is 36.0 Å². The lowest BCUT2D eigenvalue weighted by Gasteiger charge is -2.28. The molecule has 2 saturated carbocycles. The molecule has 0 saturated heterocycles. The van der Waals surface area contributed by atoms with Crippen molar-refractivity contribution in [3.05, 3.63) is 222 Å². The molecule has 16 nitrogen and oxygen atoms in total. The van der Waals surface area contributed by atoms with E-state index in [1.165, 1.54) is 70.3 Å². The maximum Gasteiger partial charge on any atom is 0.255 e. The molecule has 0 bridgehead atoms. The van der Waals surface area contributed by atoms with E-state index in [4.69, 9.17) is 14.2 Å². The zero-order valence-electron chi connectivity index (χ0n) is 47.6. The number of rotatable bonds is 19. The molecule has 2 fully saturated rings. The highest BCUT2D eigenvalue weighted by molar-refractivity contribution is 6.00. The molecule has 12 rings (SSSR count). The minimum atomic E-state index is -0.561. The van der Waals surface area contributed by atoms with E-state index in [-0.39, 0.29) is 30.0 Å². The van der Waals surface area contributed by atoms with Gasteiger partial charge in [-0.15, -0.1) is 20.4 Å². The van der Waals surface area contributed by atoms with Crippen LogP contribution in [-0.2, 0) is 25.1 Å². The van der Waals surface area contributed by atoms with Gasteiger partial charge in [-0.2, -0.15) is 0 Å². The fourth-order valence-electron chi connectivity index (χ4n) is 10.7. The van der Waals surface area contributed by atoms with E-state index in [0.717, 1.165) is 47.1 Å². The number of amides is 2. The molecule has 84 heavy (non-hydrogen) atoms. The lowest BCUT2D eigenvalue weighted by Crippen LogP contribution is -2.41. The molecule has 17 heteroatoms. The largest absolute Gasteiger partial charge is 0.493 e. The number of Topliss-reactive ketones (excluding diaryl/α,β-unsaturated/α-hetero) is 1. The number of aromatic nitrogens is 8. The number of nitrogens with one attached hydrogen (secondary N) is 2. The fourth-order valence-corrected chi connectivity index (χ4v) is 10.7. The molecule has 0 atom stereocenters. The van der Waals surface area contributed by atoms with Crippen LogP contribution in [0.4, 0.5) is 4.39 Å². The van der Waals surface area contributed by atoms with Crippen molar-refractivity contribution in [3.8, 4) is 17.2 Å². The number of carbonyl (C=O) groups is 3. The van der Waals surface area contributed by atoms with Crippen LogP contribution in [0.15, 0.2) is 177 Å². The Morgan fingerprint density at radius 2 is 1.19 bits per heavy atom. The maximum absolute atomic E-state index is 13.7.